The van der Waals surface area contributed by atoms with E-state index in [-0.39, 0.29) is 11.8 Å². The smallest absolute Gasteiger partial charge is 0.280 e. The summed E-state index contributed by atoms with van der Waals surface area (Å²) in [6, 6.07) is 15.5. The van der Waals surface area contributed by atoms with Gasteiger partial charge in [0.2, 0.25) is 0 Å². The second-order valence-electron chi connectivity index (χ2n) is 7.78. The summed E-state index contributed by atoms with van der Waals surface area (Å²) in [7, 11) is 4.02. The molecule has 2 N–H and O–H groups in total. The summed E-state index contributed by atoms with van der Waals surface area (Å²) in [5.41, 5.74) is 5.75. The molecule has 6 nitrogen and oxygen atoms in total. The van der Waals surface area contributed by atoms with E-state index in [1.54, 1.807) is 0 Å². The van der Waals surface area contributed by atoms with E-state index in [9.17, 15) is 9.90 Å². The zero-order chi connectivity index (χ0) is 21.3. The van der Waals surface area contributed by atoms with E-state index in [0.29, 0.717) is 35.7 Å². The molecule has 2 aromatic carbocycles. The second kappa shape index (κ2) is 8.26. The highest BCUT2D eigenvalue weighted by Crippen LogP contribution is 2.38. The number of aryl methyl sites for hydroxylation is 1. The van der Waals surface area contributed by atoms with Gasteiger partial charge in [0.15, 0.2) is 5.88 Å². The first kappa shape index (κ1) is 20.1. The standard InChI is InChI=1S/C24H25N3O3/c1-15-4-8-17(9-5-15)21-19-20(24(29)25-21)22(26-23(19)28)18-10-6-16(7-11-18)14-30-13-12-27(2)3/h4-11,26,28H,12-14H2,1-3H3. The van der Waals surface area contributed by atoms with Crippen LogP contribution in [0.2, 0.25) is 0 Å². The summed E-state index contributed by atoms with van der Waals surface area (Å²) in [5, 5.41) is 10.5. The fourth-order valence-corrected chi connectivity index (χ4v) is 3.49. The van der Waals surface area contributed by atoms with Crippen LogP contribution in [-0.4, -0.2) is 53.9 Å². The molecule has 0 saturated heterocycles. The molecular weight excluding hydrogens is 378 g/mol. The van der Waals surface area contributed by atoms with Crippen LogP contribution in [-0.2, 0) is 11.3 Å². The Bertz CT molecular complexity index is 1090. The first-order chi connectivity index (χ1) is 14.4. The lowest BCUT2D eigenvalue weighted by atomic mass is 9.99. The molecule has 0 spiro atoms. The summed E-state index contributed by atoms with van der Waals surface area (Å²) in [6.45, 7) is 4.07. The number of benzene rings is 2. The number of aromatic nitrogens is 1. The van der Waals surface area contributed by atoms with Gasteiger partial charge in [-0.1, -0.05) is 54.1 Å². The number of hydrogen-bond acceptors (Lipinski definition) is 4. The van der Waals surface area contributed by atoms with Gasteiger partial charge in [0.25, 0.3) is 5.91 Å². The molecule has 30 heavy (non-hydrogen) atoms. The zero-order valence-electron chi connectivity index (χ0n) is 17.4. The van der Waals surface area contributed by atoms with Crippen molar-refractivity contribution in [1.82, 2.24) is 9.88 Å². The van der Waals surface area contributed by atoms with Crippen molar-refractivity contribution in [3.63, 3.8) is 0 Å². The van der Waals surface area contributed by atoms with E-state index >= 15 is 0 Å². The lowest BCUT2D eigenvalue weighted by Gasteiger charge is -2.10. The van der Waals surface area contributed by atoms with Crippen LogP contribution in [0.25, 0.3) is 11.3 Å². The SMILES string of the molecule is Cc1ccc(C2=NC(=O)c3c(-c4ccc(COCCN(C)C)cc4)[nH]c(O)c32)cc1. The molecule has 0 saturated carbocycles. The molecule has 4 rings (SSSR count). The minimum atomic E-state index is -0.344. The van der Waals surface area contributed by atoms with E-state index in [2.05, 4.69) is 14.9 Å². The molecule has 0 aliphatic carbocycles. The van der Waals surface area contributed by atoms with Gasteiger partial charge in [0.05, 0.1) is 35.7 Å². The number of hydrogen-bond donors (Lipinski definition) is 2. The maximum absolute atomic E-state index is 12.7. The number of ether oxygens (including phenoxy) is 1. The molecule has 154 valence electrons. The molecule has 1 amide bonds. The van der Waals surface area contributed by atoms with Crippen LogP contribution in [0.4, 0.5) is 0 Å². The van der Waals surface area contributed by atoms with Crippen molar-refractivity contribution in [3.8, 4) is 17.1 Å². The number of nitrogens with one attached hydrogen (secondary N) is 1. The molecule has 2 heterocycles. The number of nitrogens with zero attached hydrogens (tertiary/aromatic N) is 2. The third-order valence-corrected chi connectivity index (χ3v) is 5.16. The zero-order valence-corrected chi connectivity index (χ0v) is 17.4. The largest absolute Gasteiger partial charge is 0.494 e. The Hall–Kier alpha value is -3.22. The molecule has 0 unspecified atom stereocenters. The average Bonchev–Trinajstić information content (AvgIpc) is 3.25. The summed E-state index contributed by atoms with van der Waals surface area (Å²) in [4.78, 5) is 21.9. The lowest BCUT2D eigenvalue weighted by molar-refractivity contribution is 0.101. The highest BCUT2D eigenvalue weighted by atomic mass is 16.5. The normalized spacial score (nSPS) is 13.1. The van der Waals surface area contributed by atoms with Crippen LogP contribution < -0.4 is 0 Å². The summed E-state index contributed by atoms with van der Waals surface area (Å²) >= 11 is 0. The Labute approximate surface area is 175 Å². The Morgan fingerprint density at radius 1 is 1.00 bits per heavy atom. The Kier molecular flexibility index (Phi) is 5.53. The molecule has 0 fully saturated rings. The number of carbonyl (C=O) groups is 1. The number of likely N-dealkylation sites (N-methyl/N-ethyl adjacent to an activating group) is 1. The number of carbonyl (C=O) groups excluding carboxylic acids is 1. The molecule has 1 aromatic heterocycles. The molecule has 0 bridgehead atoms. The minimum Gasteiger partial charge on any atom is -0.494 e. The van der Waals surface area contributed by atoms with Crippen LogP contribution >= 0.6 is 0 Å². The molecule has 1 aliphatic heterocycles. The van der Waals surface area contributed by atoms with Crippen molar-refractivity contribution in [2.75, 3.05) is 27.2 Å². The van der Waals surface area contributed by atoms with Gasteiger partial charge in [0.1, 0.15) is 0 Å². The molecule has 0 atom stereocenters. The fourth-order valence-electron chi connectivity index (χ4n) is 3.49. The van der Waals surface area contributed by atoms with Crippen LogP contribution in [0, 0.1) is 6.92 Å². The van der Waals surface area contributed by atoms with Gasteiger partial charge in [-0.15, -0.1) is 0 Å². The number of H-pyrrole nitrogens is 1. The number of aliphatic imine (C=N–C) groups is 1. The number of amides is 1. The number of aromatic hydroxyl groups is 1. The van der Waals surface area contributed by atoms with Crippen molar-refractivity contribution < 1.29 is 14.6 Å². The number of rotatable bonds is 7. The Morgan fingerprint density at radius 3 is 2.33 bits per heavy atom. The van der Waals surface area contributed by atoms with Crippen molar-refractivity contribution in [2.24, 2.45) is 4.99 Å². The van der Waals surface area contributed by atoms with E-state index in [1.807, 2.05) is 69.6 Å². The minimum absolute atomic E-state index is 0.0405. The van der Waals surface area contributed by atoms with Gasteiger partial charge >= 0.3 is 0 Å². The molecule has 1 aliphatic rings. The van der Waals surface area contributed by atoms with Gasteiger partial charge in [-0.05, 0) is 32.1 Å². The molecule has 6 heteroatoms. The summed E-state index contributed by atoms with van der Waals surface area (Å²) in [5.74, 6) is -0.385. The van der Waals surface area contributed by atoms with Gasteiger partial charge in [-0.2, -0.15) is 0 Å². The van der Waals surface area contributed by atoms with Crippen LogP contribution in [0.15, 0.2) is 53.5 Å². The van der Waals surface area contributed by atoms with Crippen LogP contribution in [0.1, 0.15) is 32.6 Å². The van der Waals surface area contributed by atoms with Gasteiger partial charge in [-0.3, -0.25) is 4.79 Å². The predicted molar refractivity (Wildman–Crippen MR) is 117 cm³/mol. The maximum Gasteiger partial charge on any atom is 0.280 e. The molecule has 3 aromatic rings. The quantitative estimate of drug-likeness (QED) is 0.589. The van der Waals surface area contributed by atoms with E-state index in [4.69, 9.17) is 4.74 Å². The Morgan fingerprint density at radius 2 is 1.67 bits per heavy atom. The van der Waals surface area contributed by atoms with Crippen molar-refractivity contribution >= 4 is 11.6 Å². The van der Waals surface area contributed by atoms with Gasteiger partial charge in [-0.25, -0.2) is 4.99 Å². The van der Waals surface area contributed by atoms with Crippen molar-refractivity contribution in [1.29, 1.82) is 0 Å². The van der Waals surface area contributed by atoms with Crippen molar-refractivity contribution in [2.45, 2.75) is 13.5 Å². The monoisotopic (exact) mass is 403 g/mol. The van der Waals surface area contributed by atoms with Crippen LogP contribution in [0.5, 0.6) is 5.88 Å². The highest BCUT2D eigenvalue weighted by Gasteiger charge is 2.33. The molecular formula is C24H25N3O3. The topological polar surface area (TPSA) is 77.9 Å². The van der Waals surface area contributed by atoms with Crippen LogP contribution in [0.3, 0.4) is 0 Å². The van der Waals surface area contributed by atoms with Gasteiger partial charge < -0.3 is 19.7 Å². The number of aromatic amines is 1. The van der Waals surface area contributed by atoms with E-state index in [0.717, 1.165) is 28.8 Å². The fraction of sp³-hybridized carbons (Fsp3) is 0.250. The Balaban J connectivity index is 1.58. The maximum atomic E-state index is 12.7. The van der Waals surface area contributed by atoms with Gasteiger partial charge in [0, 0.05) is 12.1 Å². The molecule has 0 radical (unpaired) electrons. The first-order valence-electron chi connectivity index (χ1n) is 9.91. The predicted octanol–water partition coefficient (Wildman–Crippen LogP) is 3.77. The lowest BCUT2D eigenvalue weighted by Crippen LogP contribution is -2.17. The van der Waals surface area contributed by atoms with E-state index < -0.39 is 0 Å². The number of fused-ring (bicyclic) bond motifs is 1. The summed E-state index contributed by atoms with van der Waals surface area (Å²) < 4.78 is 5.68. The highest BCUT2D eigenvalue weighted by molar-refractivity contribution is 6.30. The van der Waals surface area contributed by atoms with Crippen molar-refractivity contribution in [3.05, 3.63) is 76.3 Å². The summed E-state index contributed by atoms with van der Waals surface area (Å²) in [6.07, 6.45) is 0. The third-order valence-electron chi connectivity index (χ3n) is 5.16. The third kappa shape index (κ3) is 3.92. The van der Waals surface area contributed by atoms with E-state index in [1.165, 1.54) is 0 Å². The average molecular weight is 403 g/mol. The second-order valence-corrected chi connectivity index (χ2v) is 7.78. The first-order valence-corrected chi connectivity index (χ1v) is 9.91.